The van der Waals surface area contributed by atoms with E-state index in [-0.39, 0.29) is 18.5 Å². The number of anilines is 1. The summed E-state index contributed by atoms with van der Waals surface area (Å²) < 4.78 is 0. The lowest BCUT2D eigenvalue weighted by molar-refractivity contribution is -0.137. The van der Waals surface area contributed by atoms with Crippen LogP contribution in [-0.2, 0) is 11.3 Å². The lowest BCUT2D eigenvalue weighted by atomic mass is 10.1. The number of carbonyl (C=O) groups excluding carboxylic acids is 2. The highest BCUT2D eigenvalue weighted by atomic mass is 35.5. The fourth-order valence-electron chi connectivity index (χ4n) is 4.49. The lowest BCUT2D eigenvalue weighted by Crippen LogP contribution is -2.64. The van der Waals surface area contributed by atoms with Crippen LogP contribution < -0.4 is 4.90 Å². The van der Waals surface area contributed by atoms with E-state index in [0.717, 1.165) is 23.8 Å². The molecule has 7 nitrogen and oxygen atoms in total. The van der Waals surface area contributed by atoms with Crippen molar-refractivity contribution in [3.8, 4) is 0 Å². The first kappa shape index (κ1) is 19.9. The lowest BCUT2D eigenvalue weighted by Gasteiger charge is -2.40. The second-order valence-electron chi connectivity index (χ2n) is 8.35. The van der Waals surface area contributed by atoms with Crippen LogP contribution in [-0.4, -0.2) is 64.9 Å². The third kappa shape index (κ3) is 3.15. The summed E-state index contributed by atoms with van der Waals surface area (Å²) in [7, 11) is 1.72. The standard InChI is InChI=1S/C23H24ClN5O2/c1-14-4-9-18(12-15(14)2)27-10-11-28-19-20(25-22(27)28)26(3)23(31)29(21(19)30)13-16-5-7-17(24)8-6-16/h4-9,12,19-20H,10-11,13H2,1-3H3. The van der Waals surface area contributed by atoms with Gasteiger partial charge < -0.3 is 14.7 Å². The summed E-state index contributed by atoms with van der Waals surface area (Å²) in [5.41, 5.74) is 4.36. The number of imide groups is 1. The maximum Gasteiger partial charge on any atom is 0.328 e. The Balaban J connectivity index is 1.43. The summed E-state index contributed by atoms with van der Waals surface area (Å²) in [4.78, 5) is 38.3. The van der Waals surface area contributed by atoms with Gasteiger partial charge in [-0.25, -0.2) is 9.79 Å². The van der Waals surface area contributed by atoms with Crippen LogP contribution in [0.4, 0.5) is 10.5 Å². The van der Waals surface area contributed by atoms with E-state index in [1.807, 2.05) is 17.0 Å². The summed E-state index contributed by atoms with van der Waals surface area (Å²) in [5.74, 6) is 0.559. The predicted molar refractivity (Wildman–Crippen MR) is 120 cm³/mol. The van der Waals surface area contributed by atoms with E-state index in [2.05, 4.69) is 36.9 Å². The molecule has 2 fully saturated rings. The SMILES string of the molecule is Cc1ccc(N2CCN3C2=NC2C3C(=O)N(Cc3ccc(Cl)cc3)C(=O)N2C)cc1C. The van der Waals surface area contributed by atoms with Crippen LogP contribution >= 0.6 is 11.6 Å². The summed E-state index contributed by atoms with van der Waals surface area (Å²) in [5, 5.41) is 0.620. The zero-order chi connectivity index (χ0) is 21.9. The van der Waals surface area contributed by atoms with E-state index in [4.69, 9.17) is 16.6 Å². The Labute approximate surface area is 186 Å². The molecule has 3 heterocycles. The van der Waals surface area contributed by atoms with E-state index >= 15 is 0 Å². The Morgan fingerprint density at radius 2 is 1.77 bits per heavy atom. The average Bonchev–Trinajstić information content (AvgIpc) is 3.32. The number of likely N-dealkylation sites (N-methyl/N-ethyl adjacent to an activating group) is 1. The molecule has 2 unspecified atom stereocenters. The van der Waals surface area contributed by atoms with E-state index in [1.54, 1.807) is 24.1 Å². The third-order valence-corrected chi connectivity index (χ3v) is 6.69. The molecule has 2 saturated heterocycles. The van der Waals surface area contributed by atoms with Gasteiger partial charge in [-0.2, -0.15) is 0 Å². The van der Waals surface area contributed by atoms with Crippen molar-refractivity contribution >= 4 is 35.2 Å². The zero-order valence-corrected chi connectivity index (χ0v) is 18.5. The van der Waals surface area contributed by atoms with Gasteiger partial charge in [0.1, 0.15) is 0 Å². The second-order valence-corrected chi connectivity index (χ2v) is 8.78. The van der Waals surface area contributed by atoms with Crippen molar-refractivity contribution in [2.45, 2.75) is 32.6 Å². The molecular weight excluding hydrogens is 414 g/mol. The van der Waals surface area contributed by atoms with E-state index in [1.165, 1.54) is 16.0 Å². The largest absolute Gasteiger partial charge is 0.328 e. The monoisotopic (exact) mass is 437 g/mol. The van der Waals surface area contributed by atoms with Gasteiger partial charge in [0.25, 0.3) is 5.91 Å². The van der Waals surface area contributed by atoms with Crippen LogP contribution in [0.25, 0.3) is 0 Å². The molecule has 3 aliphatic heterocycles. The number of nitrogens with zero attached hydrogens (tertiary/aromatic N) is 5. The van der Waals surface area contributed by atoms with Crippen molar-refractivity contribution < 1.29 is 9.59 Å². The van der Waals surface area contributed by atoms with Gasteiger partial charge >= 0.3 is 6.03 Å². The van der Waals surface area contributed by atoms with E-state index in [9.17, 15) is 9.59 Å². The van der Waals surface area contributed by atoms with E-state index in [0.29, 0.717) is 11.6 Å². The minimum Gasteiger partial charge on any atom is -0.325 e. The van der Waals surface area contributed by atoms with Crippen molar-refractivity contribution in [1.82, 2.24) is 14.7 Å². The summed E-state index contributed by atoms with van der Waals surface area (Å²) in [6.07, 6.45) is -0.509. The molecule has 0 bridgehead atoms. The first-order valence-electron chi connectivity index (χ1n) is 10.4. The van der Waals surface area contributed by atoms with E-state index < -0.39 is 12.2 Å². The Morgan fingerprint density at radius 1 is 1.03 bits per heavy atom. The minimum absolute atomic E-state index is 0.205. The van der Waals surface area contributed by atoms with Crippen molar-refractivity contribution in [2.24, 2.45) is 4.99 Å². The quantitative estimate of drug-likeness (QED) is 0.739. The zero-order valence-electron chi connectivity index (χ0n) is 17.7. The minimum atomic E-state index is -0.509. The number of fused-ring (bicyclic) bond motifs is 3. The van der Waals surface area contributed by atoms with Crippen molar-refractivity contribution in [3.63, 3.8) is 0 Å². The molecule has 0 aliphatic carbocycles. The number of amides is 3. The number of halogens is 1. The highest BCUT2D eigenvalue weighted by Crippen LogP contribution is 2.34. The number of rotatable bonds is 3. The highest BCUT2D eigenvalue weighted by Gasteiger charge is 2.54. The molecule has 0 N–H and O–H groups in total. The van der Waals surface area contributed by atoms with Crippen LogP contribution in [0.15, 0.2) is 47.5 Å². The van der Waals surface area contributed by atoms with Gasteiger partial charge in [-0.3, -0.25) is 9.69 Å². The molecule has 3 aliphatic rings. The van der Waals surface area contributed by atoms with Crippen LogP contribution in [0, 0.1) is 13.8 Å². The van der Waals surface area contributed by atoms with Crippen LogP contribution in [0.1, 0.15) is 16.7 Å². The summed E-state index contributed by atoms with van der Waals surface area (Å²) in [6, 6.07) is 12.7. The van der Waals surface area contributed by atoms with Crippen molar-refractivity contribution in [2.75, 3.05) is 25.0 Å². The Kier molecular flexibility index (Phi) is 4.66. The Bertz CT molecular complexity index is 1100. The smallest absolute Gasteiger partial charge is 0.325 e. The topological polar surface area (TPSA) is 59.5 Å². The number of hydrogen-bond acceptors (Lipinski definition) is 5. The van der Waals surface area contributed by atoms with Crippen LogP contribution in [0.3, 0.4) is 0 Å². The van der Waals surface area contributed by atoms with Gasteiger partial charge in [0, 0.05) is 30.8 Å². The molecule has 2 aromatic rings. The molecule has 5 rings (SSSR count). The highest BCUT2D eigenvalue weighted by molar-refractivity contribution is 6.30. The maximum atomic E-state index is 13.4. The van der Waals surface area contributed by atoms with Gasteiger partial charge in [0.2, 0.25) is 5.96 Å². The maximum absolute atomic E-state index is 13.4. The number of urea groups is 1. The average molecular weight is 438 g/mol. The predicted octanol–water partition coefficient (Wildman–Crippen LogP) is 3.24. The van der Waals surface area contributed by atoms with Gasteiger partial charge in [0.15, 0.2) is 12.2 Å². The molecule has 3 amide bonds. The number of aliphatic imine (C=N–C) groups is 1. The van der Waals surface area contributed by atoms with Crippen molar-refractivity contribution in [3.05, 3.63) is 64.2 Å². The molecule has 2 aromatic carbocycles. The van der Waals surface area contributed by atoms with Crippen LogP contribution in [0.5, 0.6) is 0 Å². The van der Waals surface area contributed by atoms with Gasteiger partial charge in [-0.15, -0.1) is 0 Å². The fourth-order valence-corrected chi connectivity index (χ4v) is 4.62. The third-order valence-electron chi connectivity index (χ3n) is 6.43. The molecule has 8 heteroatoms. The first-order chi connectivity index (χ1) is 14.8. The Morgan fingerprint density at radius 3 is 2.48 bits per heavy atom. The van der Waals surface area contributed by atoms with Gasteiger partial charge in [-0.05, 0) is 54.8 Å². The molecule has 0 saturated carbocycles. The fraction of sp³-hybridized carbons (Fsp3) is 0.348. The summed E-state index contributed by atoms with van der Waals surface area (Å²) in [6.45, 7) is 5.84. The molecule has 0 radical (unpaired) electrons. The number of guanidine groups is 1. The molecule has 2 atom stereocenters. The van der Waals surface area contributed by atoms with Crippen molar-refractivity contribution in [1.29, 1.82) is 0 Å². The molecular formula is C23H24ClN5O2. The first-order valence-corrected chi connectivity index (χ1v) is 10.7. The Hall–Kier alpha value is -3.06. The molecule has 0 aromatic heterocycles. The molecule has 160 valence electrons. The van der Waals surface area contributed by atoms with Gasteiger partial charge in [0.05, 0.1) is 6.54 Å². The number of carbonyl (C=O) groups is 2. The number of benzene rings is 2. The number of aryl methyl sites for hydroxylation is 2. The second kappa shape index (κ2) is 7.27. The molecule has 0 spiro atoms. The molecule has 31 heavy (non-hydrogen) atoms. The summed E-state index contributed by atoms with van der Waals surface area (Å²) >= 11 is 5.97. The van der Waals surface area contributed by atoms with Crippen LogP contribution in [0.2, 0.25) is 5.02 Å². The van der Waals surface area contributed by atoms with Gasteiger partial charge in [-0.1, -0.05) is 29.8 Å². The normalized spacial score (nSPS) is 22.8. The number of hydrogen-bond donors (Lipinski definition) is 0.